The van der Waals surface area contributed by atoms with Crippen LogP contribution in [0.2, 0.25) is 0 Å². The Balaban J connectivity index is 1.99. The first kappa shape index (κ1) is 9.79. The van der Waals surface area contributed by atoms with E-state index >= 15 is 0 Å². The molecular weight excluding hydrogens is 186 g/mol. The standard InChI is InChI=1S/C7H13N5S/c8-7(13)10-4-1-3-9-6-2-5-11-12-6/h2,5H,1,3-4H2,(H3,8,10,13)(H2,9,11,12). The van der Waals surface area contributed by atoms with Gasteiger partial charge in [0.15, 0.2) is 5.11 Å². The predicted molar refractivity (Wildman–Crippen MR) is 56.5 cm³/mol. The summed E-state index contributed by atoms with van der Waals surface area (Å²) >= 11 is 4.65. The van der Waals surface area contributed by atoms with Gasteiger partial charge in [-0.05, 0) is 24.7 Å². The van der Waals surface area contributed by atoms with Crippen molar-refractivity contribution >= 4 is 23.1 Å². The highest BCUT2D eigenvalue weighted by Gasteiger charge is 1.92. The molecule has 0 aliphatic carbocycles. The number of aromatic amines is 1. The van der Waals surface area contributed by atoms with Gasteiger partial charge in [-0.1, -0.05) is 0 Å². The van der Waals surface area contributed by atoms with Crippen molar-refractivity contribution in [2.24, 2.45) is 5.73 Å². The SMILES string of the molecule is NC(=S)NCCCNc1cc[nH]n1. The minimum atomic E-state index is 0.347. The number of aromatic nitrogens is 2. The highest BCUT2D eigenvalue weighted by molar-refractivity contribution is 7.80. The lowest BCUT2D eigenvalue weighted by molar-refractivity contribution is 0.804. The van der Waals surface area contributed by atoms with Crippen molar-refractivity contribution in [3.8, 4) is 0 Å². The third-order valence-electron chi connectivity index (χ3n) is 1.46. The molecule has 13 heavy (non-hydrogen) atoms. The Morgan fingerprint density at radius 1 is 1.62 bits per heavy atom. The zero-order valence-electron chi connectivity index (χ0n) is 7.21. The van der Waals surface area contributed by atoms with E-state index < -0.39 is 0 Å². The number of nitrogens with zero attached hydrogens (tertiary/aromatic N) is 1. The number of nitrogens with one attached hydrogen (secondary N) is 3. The number of anilines is 1. The van der Waals surface area contributed by atoms with E-state index in [1.54, 1.807) is 6.20 Å². The van der Waals surface area contributed by atoms with E-state index in [2.05, 4.69) is 33.0 Å². The van der Waals surface area contributed by atoms with E-state index in [4.69, 9.17) is 5.73 Å². The molecule has 1 rings (SSSR count). The van der Waals surface area contributed by atoms with Gasteiger partial charge in [-0.3, -0.25) is 5.10 Å². The van der Waals surface area contributed by atoms with E-state index in [1.807, 2.05) is 6.07 Å². The number of hydrogen-bond acceptors (Lipinski definition) is 3. The molecule has 6 heteroatoms. The molecule has 0 spiro atoms. The van der Waals surface area contributed by atoms with Crippen LogP contribution in [-0.2, 0) is 0 Å². The van der Waals surface area contributed by atoms with Crippen LogP contribution in [0.15, 0.2) is 12.3 Å². The largest absolute Gasteiger partial charge is 0.376 e. The van der Waals surface area contributed by atoms with Gasteiger partial charge in [0, 0.05) is 19.3 Å². The first-order valence-electron chi connectivity index (χ1n) is 4.06. The van der Waals surface area contributed by atoms with Crippen LogP contribution in [0.5, 0.6) is 0 Å². The van der Waals surface area contributed by atoms with Gasteiger partial charge in [0.25, 0.3) is 0 Å². The number of rotatable bonds is 5. The Kier molecular flexibility index (Phi) is 4.04. The van der Waals surface area contributed by atoms with Crippen molar-refractivity contribution in [1.29, 1.82) is 0 Å². The molecule has 1 aromatic rings. The molecule has 0 saturated heterocycles. The highest BCUT2D eigenvalue weighted by atomic mass is 32.1. The van der Waals surface area contributed by atoms with Gasteiger partial charge in [0.1, 0.15) is 5.82 Å². The van der Waals surface area contributed by atoms with E-state index in [-0.39, 0.29) is 0 Å². The molecule has 0 saturated carbocycles. The summed E-state index contributed by atoms with van der Waals surface area (Å²) in [5.74, 6) is 0.857. The zero-order chi connectivity index (χ0) is 9.52. The van der Waals surface area contributed by atoms with Gasteiger partial charge in [-0.15, -0.1) is 0 Å². The Labute approximate surface area is 82.1 Å². The average molecular weight is 199 g/mol. The zero-order valence-corrected chi connectivity index (χ0v) is 8.03. The summed E-state index contributed by atoms with van der Waals surface area (Å²) in [7, 11) is 0. The van der Waals surface area contributed by atoms with Crippen molar-refractivity contribution in [1.82, 2.24) is 15.5 Å². The number of thiocarbonyl (C=S) groups is 1. The summed E-state index contributed by atoms with van der Waals surface area (Å²) in [5.41, 5.74) is 5.25. The molecule has 5 nitrogen and oxygen atoms in total. The van der Waals surface area contributed by atoms with Crippen LogP contribution in [-0.4, -0.2) is 28.4 Å². The van der Waals surface area contributed by atoms with Gasteiger partial charge in [-0.2, -0.15) is 5.10 Å². The van der Waals surface area contributed by atoms with Crippen molar-refractivity contribution in [3.05, 3.63) is 12.3 Å². The first-order chi connectivity index (χ1) is 6.29. The molecule has 5 N–H and O–H groups in total. The number of nitrogens with two attached hydrogens (primary N) is 1. The lowest BCUT2D eigenvalue weighted by atomic mass is 10.4. The quantitative estimate of drug-likeness (QED) is 0.398. The fourth-order valence-electron chi connectivity index (χ4n) is 0.875. The fourth-order valence-corrected chi connectivity index (χ4v) is 0.977. The van der Waals surface area contributed by atoms with Gasteiger partial charge in [0.2, 0.25) is 0 Å². The summed E-state index contributed by atoms with van der Waals surface area (Å²) in [6, 6.07) is 1.88. The van der Waals surface area contributed by atoms with Crippen molar-refractivity contribution in [2.75, 3.05) is 18.4 Å². The minimum absolute atomic E-state index is 0.347. The number of H-pyrrole nitrogens is 1. The smallest absolute Gasteiger partial charge is 0.163 e. The van der Waals surface area contributed by atoms with Crippen LogP contribution < -0.4 is 16.4 Å². The van der Waals surface area contributed by atoms with E-state index in [0.29, 0.717) is 5.11 Å². The second kappa shape index (κ2) is 5.36. The van der Waals surface area contributed by atoms with Gasteiger partial charge >= 0.3 is 0 Å². The second-order valence-electron chi connectivity index (χ2n) is 2.53. The molecule has 0 fully saturated rings. The van der Waals surface area contributed by atoms with Crippen molar-refractivity contribution < 1.29 is 0 Å². The Morgan fingerprint density at radius 3 is 3.08 bits per heavy atom. The summed E-state index contributed by atoms with van der Waals surface area (Å²) in [5, 5.41) is 13.0. The predicted octanol–water partition coefficient (Wildman–Crippen LogP) is 0.0449. The van der Waals surface area contributed by atoms with Crippen LogP contribution in [0.1, 0.15) is 6.42 Å². The topological polar surface area (TPSA) is 78.8 Å². The molecule has 0 amide bonds. The third-order valence-corrected chi connectivity index (χ3v) is 1.60. The van der Waals surface area contributed by atoms with Crippen LogP contribution in [0.3, 0.4) is 0 Å². The van der Waals surface area contributed by atoms with E-state index in [1.165, 1.54) is 0 Å². The van der Waals surface area contributed by atoms with E-state index in [9.17, 15) is 0 Å². The number of hydrogen-bond donors (Lipinski definition) is 4. The summed E-state index contributed by atoms with van der Waals surface area (Å²) in [6.45, 7) is 1.63. The Hall–Kier alpha value is -1.30. The van der Waals surface area contributed by atoms with E-state index in [0.717, 1.165) is 25.3 Å². The molecular formula is C7H13N5S. The lowest BCUT2D eigenvalue weighted by Gasteiger charge is -2.03. The van der Waals surface area contributed by atoms with Crippen molar-refractivity contribution in [2.45, 2.75) is 6.42 Å². The highest BCUT2D eigenvalue weighted by Crippen LogP contribution is 1.97. The molecule has 1 aromatic heterocycles. The maximum atomic E-state index is 5.25. The fraction of sp³-hybridized carbons (Fsp3) is 0.429. The lowest BCUT2D eigenvalue weighted by Crippen LogP contribution is -2.30. The third kappa shape index (κ3) is 4.32. The molecule has 1 heterocycles. The molecule has 0 radical (unpaired) electrons. The van der Waals surface area contributed by atoms with Crippen LogP contribution >= 0.6 is 12.2 Å². The average Bonchev–Trinajstić information content (AvgIpc) is 2.55. The molecule has 0 aliphatic rings. The van der Waals surface area contributed by atoms with Crippen LogP contribution in [0.4, 0.5) is 5.82 Å². The Morgan fingerprint density at radius 2 is 2.46 bits per heavy atom. The van der Waals surface area contributed by atoms with Crippen molar-refractivity contribution in [3.63, 3.8) is 0 Å². The first-order valence-corrected chi connectivity index (χ1v) is 4.47. The molecule has 0 atom stereocenters. The molecule has 72 valence electrons. The molecule has 0 unspecified atom stereocenters. The minimum Gasteiger partial charge on any atom is -0.376 e. The monoisotopic (exact) mass is 199 g/mol. The molecule has 0 aromatic carbocycles. The molecule has 0 bridgehead atoms. The summed E-state index contributed by atoms with van der Waals surface area (Å²) in [6.07, 6.45) is 2.72. The molecule has 0 aliphatic heterocycles. The van der Waals surface area contributed by atoms with Gasteiger partial charge in [-0.25, -0.2) is 0 Å². The Bertz CT molecular complexity index is 245. The summed E-state index contributed by atoms with van der Waals surface area (Å²) < 4.78 is 0. The van der Waals surface area contributed by atoms with Crippen LogP contribution in [0, 0.1) is 0 Å². The summed E-state index contributed by atoms with van der Waals surface area (Å²) in [4.78, 5) is 0. The van der Waals surface area contributed by atoms with Crippen LogP contribution in [0.25, 0.3) is 0 Å². The van der Waals surface area contributed by atoms with Gasteiger partial charge < -0.3 is 16.4 Å². The normalized spacial score (nSPS) is 9.54. The maximum Gasteiger partial charge on any atom is 0.163 e. The maximum absolute atomic E-state index is 5.25. The van der Waals surface area contributed by atoms with Gasteiger partial charge in [0.05, 0.1) is 0 Å². The second-order valence-corrected chi connectivity index (χ2v) is 2.97.